The molecular formula is C27H27F4N5O2. The van der Waals surface area contributed by atoms with Crippen LogP contribution in [-0.2, 0) is 23.7 Å². The van der Waals surface area contributed by atoms with Crippen molar-refractivity contribution in [3.63, 3.8) is 0 Å². The summed E-state index contributed by atoms with van der Waals surface area (Å²) < 4.78 is 57.9. The Bertz CT molecular complexity index is 1520. The maximum atomic E-state index is 16.2. The maximum absolute atomic E-state index is 16.2. The Morgan fingerprint density at radius 1 is 1.21 bits per heavy atom. The minimum Gasteiger partial charge on any atom is -0.352 e. The molecule has 11 heteroatoms. The average Bonchev–Trinajstić information content (AvgIpc) is 2.84. The molecule has 0 radical (unpaired) electrons. The van der Waals surface area contributed by atoms with Crippen LogP contribution in [0.4, 0.5) is 23.4 Å². The number of likely N-dealkylation sites (tertiary alicyclic amines) is 1. The van der Waals surface area contributed by atoms with Gasteiger partial charge in [0.15, 0.2) is 0 Å². The number of alkyl halides is 4. The minimum atomic E-state index is -4.56. The van der Waals surface area contributed by atoms with Gasteiger partial charge in [-0.3, -0.25) is 14.2 Å². The molecule has 0 unspecified atom stereocenters. The molecule has 0 bridgehead atoms. The number of hydrogen-bond donors (Lipinski definition) is 1. The molecule has 7 nitrogen and oxygen atoms in total. The summed E-state index contributed by atoms with van der Waals surface area (Å²) in [6.07, 6.45) is 1.07. The van der Waals surface area contributed by atoms with Gasteiger partial charge in [-0.1, -0.05) is 18.1 Å². The Balaban J connectivity index is 1.82. The fourth-order valence-electron chi connectivity index (χ4n) is 4.93. The fraction of sp³-hybridized carbons (Fsp3) is 0.407. The SMILES string of the molecule is C#C[C@@H](Nc1nc(C)nc2c1cc(C1(F)CCN(C(C)=O)CC1)c(=O)n2C)c1cccc(C(F)(F)F)c1C. The van der Waals surface area contributed by atoms with Crippen molar-refractivity contribution in [3.8, 4) is 12.3 Å². The van der Waals surface area contributed by atoms with E-state index in [9.17, 15) is 22.8 Å². The molecule has 0 spiro atoms. The van der Waals surface area contributed by atoms with Crippen LogP contribution in [-0.4, -0.2) is 38.4 Å². The van der Waals surface area contributed by atoms with Crippen LogP contribution in [0.15, 0.2) is 29.1 Å². The minimum absolute atomic E-state index is 0.0291. The van der Waals surface area contributed by atoms with Gasteiger partial charge < -0.3 is 10.2 Å². The summed E-state index contributed by atoms with van der Waals surface area (Å²) in [4.78, 5) is 35.2. The predicted molar refractivity (Wildman–Crippen MR) is 135 cm³/mol. The van der Waals surface area contributed by atoms with Crippen LogP contribution >= 0.6 is 0 Å². The topological polar surface area (TPSA) is 80.1 Å². The molecule has 1 atom stereocenters. The van der Waals surface area contributed by atoms with Gasteiger partial charge in [0.25, 0.3) is 5.56 Å². The molecule has 1 saturated heterocycles. The van der Waals surface area contributed by atoms with E-state index in [0.717, 1.165) is 6.07 Å². The third-order valence-corrected chi connectivity index (χ3v) is 7.10. The number of terminal acetylenes is 1. The molecule has 2 aromatic heterocycles. The van der Waals surface area contributed by atoms with E-state index in [0.29, 0.717) is 5.39 Å². The van der Waals surface area contributed by atoms with E-state index in [1.54, 1.807) is 6.92 Å². The number of carbonyl (C=O) groups is 1. The zero-order chi connectivity index (χ0) is 28.0. The summed E-state index contributed by atoms with van der Waals surface area (Å²) in [7, 11) is 1.47. The number of fused-ring (bicyclic) bond motifs is 1. The second kappa shape index (κ2) is 9.74. The fourth-order valence-corrected chi connectivity index (χ4v) is 4.93. The number of halogens is 4. The summed E-state index contributed by atoms with van der Waals surface area (Å²) >= 11 is 0. The number of amides is 1. The predicted octanol–water partition coefficient (Wildman–Crippen LogP) is 4.56. The molecule has 0 aliphatic carbocycles. The lowest BCUT2D eigenvalue weighted by Crippen LogP contribution is -2.45. The highest BCUT2D eigenvalue weighted by molar-refractivity contribution is 5.88. The standard InChI is InChI=1S/C27H27F4N5O2/c1-6-22(18-8-7-9-20(15(18)2)27(29,30)31)34-23-19-14-21(25(38)35(5)24(19)33-16(3)32-23)26(28)10-12-36(13-11-26)17(4)37/h1,7-9,14,22H,10-13H2,2-5H3,(H,32,33,34)/t22-/m1/s1. The number of rotatable bonds is 4. The van der Waals surface area contributed by atoms with Crippen molar-refractivity contribution in [2.75, 3.05) is 18.4 Å². The molecule has 38 heavy (non-hydrogen) atoms. The molecule has 1 aliphatic rings. The van der Waals surface area contributed by atoms with Gasteiger partial charge in [-0.2, -0.15) is 13.2 Å². The third kappa shape index (κ3) is 4.83. The molecule has 200 valence electrons. The summed E-state index contributed by atoms with van der Waals surface area (Å²) in [6, 6.07) is 4.14. The van der Waals surface area contributed by atoms with E-state index in [2.05, 4.69) is 21.2 Å². The first-order valence-corrected chi connectivity index (χ1v) is 12.0. The maximum Gasteiger partial charge on any atom is 0.416 e. The molecular weight excluding hydrogens is 502 g/mol. The molecule has 1 aliphatic heterocycles. The number of aryl methyl sites for hydroxylation is 2. The molecule has 4 rings (SSSR count). The largest absolute Gasteiger partial charge is 0.416 e. The molecule has 3 aromatic rings. The van der Waals surface area contributed by atoms with Crippen LogP contribution < -0.4 is 10.9 Å². The molecule has 1 fully saturated rings. The Morgan fingerprint density at radius 3 is 2.45 bits per heavy atom. The quantitative estimate of drug-likeness (QED) is 0.396. The van der Waals surface area contributed by atoms with E-state index in [1.807, 2.05) is 0 Å². The van der Waals surface area contributed by atoms with Gasteiger partial charge in [0.2, 0.25) is 5.91 Å². The van der Waals surface area contributed by atoms with Crippen molar-refractivity contribution in [3.05, 3.63) is 62.7 Å². The average molecular weight is 530 g/mol. The number of pyridine rings is 1. The van der Waals surface area contributed by atoms with Crippen molar-refractivity contribution in [1.29, 1.82) is 0 Å². The number of nitrogens with one attached hydrogen (secondary N) is 1. The highest BCUT2D eigenvalue weighted by Gasteiger charge is 2.40. The number of piperidine rings is 1. The monoisotopic (exact) mass is 529 g/mol. The summed E-state index contributed by atoms with van der Waals surface area (Å²) in [5, 5.41) is 3.31. The number of hydrogen-bond acceptors (Lipinski definition) is 5. The van der Waals surface area contributed by atoms with Gasteiger partial charge in [-0.05, 0) is 37.1 Å². The van der Waals surface area contributed by atoms with Gasteiger partial charge in [0, 0.05) is 39.9 Å². The van der Waals surface area contributed by atoms with Gasteiger partial charge in [-0.25, -0.2) is 14.4 Å². The molecule has 1 amide bonds. The van der Waals surface area contributed by atoms with Crippen LogP contribution in [0.5, 0.6) is 0 Å². The Morgan fingerprint density at radius 2 is 1.87 bits per heavy atom. The van der Waals surface area contributed by atoms with Crippen LogP contribution in [0, 0.1) is 26.2 Å². The Hall–Kier alpha value is -3.94. The first-order chi connectivity index (χ1) is 17.8. The second-order valence-corrected chi connectivity index (χ2v) is 9.51. The first kappa shape index (κ1) is 27.1. The molecule has 1 aromatic carbocycles. The number of carbonyl (C=O) groups excluding carboxylic acids is 1. The number of anilines is 1. The number of nitrogens with zero attached hydrogens (tertiary/aromatic N) is 4. The van der Waals surface area contributed by atoms with Gasteiger partial charge in [-0.15, -0.1) is 6.42 Å². The van der Waals surface area contributed by atoms with E-state index in [1.165, 1.54) is 48.6 Å². The summed E-state index contributed by atoms with van der Waals surface area (Å²) in [6.45, 7) is 4.67. The van der Waals surface area contributed by atoms with Gasteiger partial charge in [0.05, 0.1) is 16.5 Å². The zero-order valence-corrected chi connectivity index (χ0v) is 21.4. The van der Waals surface area contributed by atoms with Gasteiger partial charge in [0.1, 0.15) is 29.0 Å². The van der Waals surface area contributed by atoms with Gasteiger partial charge >= 0.3 is 6.18 Å². The zero-order valence-electron chi connectivity index (χ0n) is 21.4. The second-order valence-electron chi connectivity index (χ2n) is 9.51. The van der Waals surface area contributed by atoms with Crippen molar-refractivity contribution in [1.82, 2.24) is 19.4 Å². The molecule has 0 saturated carbocycles. The third-order valence-electron chi connectivity index (χ3n) is 7.10. The number of aromatic nitrogens is 3. The van der Waals surface area contributed by atoms with Crippen molar-refractivity contribution in [2.45, 2.75) is 51.5 Å². The normalized spacial score (nSPS) is 16.2. The lowest BCUT2D eigenvalue weighted by atomic mass is 9.86. The van der Waals surface area contributed by atoms with E-state index >= 15 is 4.39 Å². The van der Waals surface area contributed by atoms with E-state index in [4.69, 9.17) is 6.42 Å². The summed E-state index contributed by atoms with van der Waals surface area (Å²) in [5.74, 6) is 2.75. The van der Waals surface area contributed by atoms with Crippen LogP contribution in [0.3, 0.4) is 0 Å². The molecule has 1 N–H and O–H groups in total. The van der Waals surface area contributed by atoms with Crippen molar-refractivity contribution in [2.24, 2.45) is 7.05 Å². The lowest BCUT2D eigenvalue weighted by molar-refractivity contribution is -0.138. The van der Waals surface area contributed by atoms with Crippen molar-refractivity contribution >= 4 is 22.8 Å². The Labute approximate surface area is 216 Å². The molecule has 3 heterocycles. The number of benzene rings is 1. The summed E-state index contributed by atoms with van der Waals surface area (Å²) in [5.41, 5.74) is -3.03. The Kier molecular flexibility index (Phi) is 6.95. The van der Waals surface area contributed by atoms with Crippen LogP contribution in [0.25, 0.3) is 11.0 Å². The van der Waals surface area contributed by atoms with E-state index in [-0.39, 0.29) is 65.8 Å². The first-order valence-electron chi connectivity index (χ1n) is 12.0. The lowest BCUT2D eigenvalue weighted by Gasteiger charge is -2.36. The smallest absolute Gasteiger partial charge is 0.352 e. The van der Waals surface area contributed by atoms with Crippen LogP contribution in [0.1, 0.15) is 53.9 Å². The van der Waals surface area contributed by atoms with Crippen LogP contribution in [0.2, 0.25) is 0 Å². The highest BCUT2D eigenvalue weighted by Crippen LogP contribution is 2.38. The highest BCUT2D eigenvalue weighted by atomic mass is 19.4. The van der Waals surface area contributed by atoms with E-state index < -0.39 is 29.0 Å². The van der Waals surface area contributed by atoms with Crippen molar-refractivity contribution < 1.29 is 22.4 Å².